The van der Waals surface area contributed by atoms with Gasteiger partial charge in [0.05, 0.1) is 12.8 Å². The highest BCUT2D eigenvalue weighted by atomic mass is 16.4. The maximum atomic E-state index is 11.9. The lowest BCUT2D eigenvalue weighted by Gasteiger charge is -2.10. The third-order valence-corrected chi connectivity index (χ3v) is 3.39. The Kier molecular flexibility index (Phi) is 5.31. The van der Waals surface area contributed by atoms with E-state index in [2.05, 4.69) is 5.32 Å². The summed E-state index contributed by atoms with van der Waals surface area (Å²) in [6, 6.07) is 15.9. The van der Waals surface area contributed by atoms with Gasteiger partial charge in [0.15, 0.2) is 0 Å². The normalized spacial score (nSPS) is 10.2. The monoisotopic (exact) mass is 297 g/mol. The molecule has 2 aromatic rings. The summed E-state index contributed by atoms with van der Waals surface area (Å²) in [7, 11) is 0. The van der Waals surface area contributed by atoms with Gasteiger partial charge in [-0.2, -0.15) is 0 Å². The van der Waals surface area contributed by atoms with Crippen molar-refractivity contribution < 1.29 is 14.7 Å². The second-order valence-corrected chi connectivity index (χ2v) is 5.19. The highest BCUT2D eigenvalue weighted by Crippen LogP contribution is 2.24. The van der Waals surface area contributed by atoms with Crippen LogP contribution in [-0.4, -0.2) is 23.5 Å². The molecule has 114 valence electrons. The molecule has 4 nitrogen and oxygen atoms in total. The molecule has 2 N–H and O–H groups in total. The maximum absolute atomic E-state index is 11.9. The van der Waals surface area contributed by atoms with Crippen LogP contribution in [0.2, 0.25) is 0 Å². The molecule has 0 unspecified atom stereocenters. The second kappa shape index (κ2) is 7.41. The molecule has 1 amide bonds. The maximum Gasteiger partial charge on any atom is 0.305 e. The number of hydrogen-bond acceptors (Lipinski definition) is 2. The largest absolute Gasteiger partial charge is 0.481 e. The van der Waals surface area contributed by atoms with Crippen LogP contribution in [0.3, 0.4) is 0 Å². The molecule has 0 aromatic heterocycles. The number of carboxylic acids is 1. The van der Waals surface area contributed by atoms with Crippen LogP contribution < -0.4 is 5.32 Å². The molecule has 0 heterocycles. The van der Waals surface area contributed by atoms with E-state index in [1.807, 2.05) is 55.5 Å². The third kappa shape index (κ3) is 4.45. The van der Waals surface area contributed by atoms with E-state index in [9.17, 15) is 9.59 Å². The smallest absolute Gasteiger partial charge is 0.305 e. The fourth-order valence-corrected chi connectivity index (χ4v) is 2.23. The Morgan fingerprint density at radius 2 is 1.73 bits per heavy atom. The number of carbonyl (C=O) groups is 2. The van der Waals surface area contributed by atoms with E-state index in [0.29, 0.717) is 0 Å². The van der Waals surface area contributed by atoms with Crippen molar-refractivity contribution in [3.05, 3.63) is 59.7 Å². The molecule has 0 atom stereocenters. The highest BCUT2D eigenvalue weighted by molar-refractivity contribution is 5.82. The molecule has 0 spiro atoms. The quantitative estimate of drug-likeness (QED) is 0.861. The first-order chi connectivity index (χ1) is 10.6. The summed E-state index contributed by atoms with van der Waals surface area (Å²) >= 11 is 0. The van der Waals surface area contributed by atoms with Crippen molar-refractivity contribution in [2.75, 3.05) is 6.54 Å². The average molecular weight is 297 g/mol. The number of aliphatic carboxylic acids is 1. The number of carbonyl (C=O) groups excluding carboxylic acids is 1. The van der Waals surface area contributed by atoms with E-state index in [-0.39, 0.29) is 25.3 Å². The van der Waals surface area contributed by atoms with Crippen LogP contribution in [0.25, 0.3) is 11.1 Å². The zero-order chi connectivity index (χ0) is 15.9. The van der Waals surface area contributed by atoms with Crippen LogP contribution in [0.15, 0.2) is 48.5 Å². The van der Waals surface area contributed by atoms with Crippen molar-refractivity contribution in [1.82, 2.24) is 5.32 Å². The fourth-order valence-electron chi connectivity index (χ4n) is 2.23. The van der Waals surface area contributed by atoms with Crippen molar-refractivity contribution in [3.63, 3.8) is 0 Å². The summed E-state index contributed by atoms with van der Waals surface area (Å²) in [4.78, 5) is 22.4. The summed E-state index contributed by atoms with van der Waals surface area (Å²) in [5.41, 5.74) is 4.21. The number of nitrogens with one attached hydrogen (secondary N) is 1. The Balaban J connectivity index is 2.10. The van der Waals surface area contributed by atoms with E-state index in [1.165, 1.54) is 5.56 Å². The number of carboxylic acid groups (broad SMARTS) is 1. The number of rotatable bonds is 6. The standard InChI is InChI=1S/C18H19NO3/c1-13-6-8-14(9-7-13)16-5-3-2-4-15(16)12-17(20)19-11-10-18(21)22/h2-9H,10-12H2,1H3,(H,19,20)(H,21,22). The van der Waals surface area contributed by atoms with Crippen molar-refractivity contribution in [1.29, 1.82) is 0 Å². The van der Waals surface area contributed by atoms with E-state index >= 15 is 0 Å². The van der Waals surface area contributed by atoms with Crippen LogP contribution >= 0.6 is 0 Å². The van der Waals surface area contributed by atoms with Gasteiger partial charge in [-0.05, 0) is 23.6 Å². The number of aryl methyl sites for hydroxylation is 1. The minimum absolute atomic E-state index is 0.0641. The SMILES string of the molecule is Cc1ccc(-c2ccccc2CC(=O)NCCC(=O)O)cc1. The first kappa shape index (κ1) is 15.8. The Bertz CT molecular complexity index is 662. The minimum Gasteiger partial charge on any atom is -0.481 e. The summed E-state index contributed by atoms with van der Waals surface area (Å²) < 4.78 is 0. The van der Waals surface area contributed by atoms with Gasteiger partial charge in [-0.15, -0.1) is 0 Å². The molecular formula is C18H19NO3. The average Bonchev–Trinajstić information content (AvgIpc) is 2.48. The summed E-state index contributed by atoms with van der Waals surface area (Å²) in [5.74, 6) is -1.08. The Morgan fingerprint density at radius 1 is 1.05 bits per heavy atom. The molecule has 0 radical (unpaired) electrons. The van der Waals surface area contributed by atoms with Crippen LogP contribution in [0.1, 0.15) is 17.5 Å². The zero-order valence-corrected chi connectivity index (χ0v) is 12.5. The molecule has 2 aromatic carbocycles. The number of hydrogen-bond donors (Lipinski definition) is 2. The predicted molar refractivity (Wildman–Crippen MR) is 85.6 cm³/mol. The van der Waals surface area contributed by atoms with E-state index in [4.69, 9.17) is 5.11 Å². The van der Waals surface area contributed by atoms with Crippen molar-refractivity contribution in [2.45, 2.75) is 19.8 Å². The van der Waals surface area contributed by atoms with Crippen LogP contribution in [0, 0.1) is 6.92 Å². The zero-order valence-electron chi connectivity index (χ0n) is 12.5. The molecular weight excluding hydrogens is 278 g/mol. The lowest BCUT2D eigenvalue weighted by Crippen LogP contribution is -2.27. The Labute approximate surface area is 129 Å². The topological polar surface area (TPSA) is 66.4 Å². The minimum atomic E-state index is -0.916. The fraction of sp³-hybridized carbons (Fsp3) is 0.222. The van der Waals surface area contributed by atoms with Gasteiger partial charge in [-0.3, -0.25) is 9.59 Å². The molecule has 4 heteroatoms. The van der Waals surface area contributed by atoms with Crippen molar-refractivity contribution >= 4 is 11.9 Å². The van der Waals surface area contributed by atoms with Crippen molar-refractivity contribution in [2.24, 2.45) is 0 Å². The van der Waals surface area contributed by atoms with E-state index < -0.39 is 5.97 Å². The molecule has 0 saturated heterocycles. The van der Waals surface area contributed by atoms with E-state index in [0.717, 1.165) is 16.7 Å². The number of benzene rings is 2. The molecule has 0 fully saturated rings. The van der Waals surface area contributed by atoms with Gasteiger partial charge >= 0.3 is 5.97 Å². The van der Waals surface area contributed by atoms with Gasteiger partial charge < -0.3 is 10.4 Å². The van der Waals surface area contributed by atoms with Crippen LogP contribution in [-0.2, 0) is 16.0 Å². The highest BCUT2D eigenvalue weighted by Gasteiger charge is 2.09. The Hall–Kier alpha value is -2.62. The van der Waals surface area contributed by atoms with Gasteiger partial charge in [0.25, 0.3) is 0 Å². The molecule has 2 rings (SSSR count). The third-order valence-electron chi connectivity index (χ3n) is 3.39. The second-order valence-electron chi connectivity index (χ2n) is 5.19. The Morgan fingerprint density at radius 3 is 2.41 bits per heavy atom. The van der Waals surface area contributed by atoms with Gasteiger partial charge in [0.1, 0.15) is 0 Å². The van der Waals surface area contributed by atoms with Crippen LogP contribution in [0.4, 0.5) is 0 Å². The summed E-state index contributed by atoms with van der Waals surface area (Å²) in [6.45, 7) is 2.19. The van der Waals surface area contributed by atoms with E-state index in [1.54, 1.807) is 0 Å². The lowest BCUT2D eigenvalue weighted by molar-refractivity contribution is -0.136. The van der Waals surface area contributed by atoms with Gasteiger partial charge in [0.2, 0.25) is 5.91 Å². The van der Waals surface area contributed by atoms with Crippen LogP contribution in [0.5, 0.6) is 0 Å². The molecule has 0 aliphatic heterocycles. The lowest BCUT2D eigenvalue weighted by atomic mass is 9.97. The first-order valence-corrected chi connectivity index (χ1v) is 7.19. The first-order valence-electron chi connectivity index (χ1n) is 7.19. The summed E-state index contributed by atoms with van der Waals surface area (Å²) in [6.07, 6.45) is 0.176. The molecule has 0 saturated carbocycles. The molecule has 0 aliphatic rings. The summed E-state index contributed by atoms with van der Waals surface area (Å²) in [5, 5.41) is 11.2. The molecule has 22 heavy (non-hydrogen) atoms. The van der Waals surface area contributed by atoms with Gasteiger partial charge in [0, 0.05) is 6.54 Å². The van der Waals surface area contributed by atoms with Gasteiger partial charge in [-0.25, -0.2) is 0 Å². The molecule has 0 aliphatic carbocycles. The predicted octanol–water partition coefficient (Wildman–Crippen LogP) is 2.80. The molecule has 0 bridgehead atoms. The van der Waals surface area contributed by atoms with Crippen molar-refractivity contribution in [3.8, 4) is 11.1 Å². The van der Waals surface area contributed by atoms with Gasteiger partial charge in [-0.1, -0.05) is 54.1 Å². The number of amides is 1.